The van der Waals surface area contributed by atoms with Crippen LogP contribution < -0.4 is 15.5 Å². The van der Waals surface area contributed by atoms with E-state index in [1.54, 1.807) is 30.0 Å². The van der Waals surface area contributed by atoms with E-state index >= 15 is 0 Å². The fourth-order valence-electron chi connectivity index (χ4n) is 1.30. The molecule has 7 nitrogen and oxygen atoms in total. The van der Waals surface area contributed by atoms with Crippen LogP contribution >= 0.6 is 0 Å². The molecule has 18 heavy (non-hydrogen) atoms. The Morgan fingerprint density at radius 2 is 2.28 bits per heavy atom. The molecule has 7 heteroatoms. The predicted octanol–water partition coefficient (Wildman–Crippen LogP) is -0.610. The Labute approximate surface area is 106 Å². The molecular formula is C11H18N3O4+. The van der Waals surface area contributed by atoms with Crippen LogP contribution in [-0.4, -0.2) is 33.3 Å². The average molecular weight is 256 g/mol. The van der Waals surface area contributed by atoms with Gasteiger partial charge in [-0.15, -0.1) is 0 Å². The Kier molecular flexibility index (Phi) is 6.89. The van der Waals surface area contributed by atoms with E-state index in [1.807, 2.05) is 6.20 Å². The molecule has 0 unspecified atom stereocenters. The van der Waals surface area contributed by atoms with Crippen molar-refractivity contribution in [3.05, 3.63) is 30.1 Å². The minimum absolute atomic E-state index is 0.165. The summed E-state index contributed by atoms with van der Waals surface area (Å²) in [6.45, 7) is 1.10. The highest BCUT2D eigenvalue weighted by Gasteiger charge is 2.09. The van der Waals surface area contributed by atoms with E-state index in [4.69, 9.17) is 9.57 Å². The molecule has 0 aliphatic carbocycles. The zero-order valence-electron chi connectivity index (χ0n) is 10.5. The maximum absolute atomic E-state index is 11.8. The fourth-order valence-corrected chi connectivity index (χ4v) is 1.30. The summed E-state index contributed by atoms with van der Waals surface area (Å²) in [6.07, 6.45) is 3.54. The summed E-state index contributed by atoms with van der Waals surface area (Å²) in [4.78, 5) is 21.1. The summed E-state index contributed by atoms with van der Waals surface area (Å²) in [5.74, 6) is -0.165. The molecule has 1 aromatic rings. The van der Waals surface area contributed by atoms with E-state index in [1.165, 1.54) is 7.11 Å². The average Bonchev–Trinajstić information content (AvgIpc) is 2.39. The van der Waals surface area contributed by atoms with Crippen molar-refractivity contribution in [2.24, 2.45) is 0 Å². The van der Waals surface area contributed by atoms with E-state index in [2.05, 4.69) is 15.8 Å². The second kappa shape index (κ2) is 8.54. The number of methoxy groups -OCH3 is 1. The number of pyridine rings is 1. The highest BCUT2D eigenvalue weighted by atomic mass is 16.9. The zero-order chi connectivity index (χ0) is 13.2. The van der Waals surface area contributed by atoms with Crippen LogP contribution in [0.3, 0.4) is 0 Å². The SMILES string of the molecule is COC[n+]1cccc(C(=O)NCCONOC)c1. The van der Waals surface area contributed by atoms with Gasteiger partial charge >= 0.3 is 0 Å². The van der Waals surface area contributed by atoms with Crippen molar-refractivity contribution in [2.75, 3.05) is 27.4 Å². The Morgan fingerprint density at radius 3 is 3.00 bits per heavy atom. The smallest absolute Gasteiger partial charge is 0.257 e. The predicted molar refractivity (Wildman–Crippen MR) is 62.1 cm³/mol. The van der Waals surface area contributed by atoms with E-state index < -0.39 is 0 Å². The van der Waals surface area contributed by atoms with Gasteiger partial charge in [0.15, 0.2) is 12.4 Å². The summed E-state index contributed by atoms with van der Waals surface area (Å²) in [5.41, 5.74) is 2.78. The standard InChI is InChI=1S/C11H17N3O4/c1-16-9-14-6-3-4-10(8-14)11(15)12-5-7-18-13-17-2/h3-4,6,8,13H,5,7,9H2,1-2H3/p+1. The molecule has 1 amide bonds. The minimum Gasteiger partial charge on any atom is -0.349 e. The van der Waals surface area contributed by atoms with Crippen LogP contribution in [0.5, 0.6) is 0 Å². The molecule has 1 rings (SSSR count). The van der Waals surface area contributed by atoms with Gasteiger partial charge in [-0.3, -0.25) is 14.5 Å². The molecule has 0 fully saturated rings. The first kappa shape index (κ1) is 14.5. The minimum atomic E-state index is -0.165. The molecule has 1 aromatic heterocycles. The van der Waals surface area contributed by atoms with Gasteiger partial charge in [-0.1, -0.05) is 5.64 Å². The Hall–Kier alpha value is -1.54. The molecule has 0 atom stereocenters. The van der Waals surface area contributed by atoms with Gasteiger partial charge in [-0.2, -0.15) is 4.57 Å². The van der Waals surface area contributed by atoms with Gasteiger partial charge in [-0.05, 0) is 6.07 Å². The van der Waals surface area contributed by atoms with Crippen LogP contribution in [0.2, 0.25) is 0 Å². The number of hydrogen-bond donors (Lipinski definition) is 2. The molecule has 0 radical (unpaired) electrons. The number of carbonyl (C=O) groups is 1. The van der Waals surface area contributed by atoms with Crippen LogP contribution in [-0.2, 0) is 21.1 Å². The topological polar surface area (TPSA) is 72.7 Å². The maximum Gasteiger partial charge on any atom is 0.257 e. The van der Waals surface area contributed by atoms with Crippen molar-refractivity contribution >= 4 is 5.91 Å². The number of amides is 1. The molecular weight excluding hydrogens is 238 g/mol. The van der Waals surface area contributed by atoms with Crippen molar-refractivity contribution in [3.8, 4) is 0 Å². The van der Waals surface area contributed by atoms with Gasteiger partial charge in [0.05, 0.1) is 13.7 Å². The quantitative estimate of drug-likeness (QED) is 0.369. The van der Waals surface area contributed by atoms with Gasteiger partial charge in [0, 0.05) is 19.7 Å². The van der Waals surface area contributed by atoms with E-state index in [9.17, 15) is 4.79 Å². The second-order valence-electron chi connectivity index (χ2n) is 3.42. The molecule has 0 saturated carbocycles. The van der Waals surface area contributed by atoms with Gasteiger partial charge in [0.2, 0.25) is 0 Å². The van der Waals surface area contributed by atoms with Crippen molar-refractivity contribution in [2.45, 2.75) is 6.73 Å². The molecule has 1 heterocycles. The highest BCUT2D eigenvalue weighted by Crippen LogP contribution is 1.94. The van der Waals surface area contributed by atoms with Gasteiger partial charge < -0.3 is 10.1 Å². The molecule has 0 saturated heterocycles. The van der Waals surface area contributed by atoms with Crippen LogP contribution in [0.25, 0.3) is 0 Å². The number of hydrogen-bond acceptors (Lipinski definition) is 5. The lowest BCUT2D eigenvalue weighted by Crippen LogP contribution is -2.36. The fraction of sp³-hybridized carbons (Fsp3) is 0.455. The van der Waals surface area contributed by atoms with E-state index in [0.29, 0.717) is 25.4 Å². The van der Waals surface area contributed by atoms with Crippen molar-refractivity contribution < 1.29 is 23.8 Å². The van der Waals surface area contributed by atoms with E-state index in [0.717, 1.165) is 0 Å². The zero-order valence-corrected chi connectivity index (χ0v) is 10.5. The third-order valence-electron chi connectivity index (χ3n) is 2.03. The summed E-state index contributed by atoms with van der Waals surface area (Å²) < 4.78 is 6.75. The maximum atomic E-state index is 11.8. The van der Waals surface area contributed by atoms with Crippen LogP contribution in [0.4, 0.5) is 0 Å². The lowest BCUT2D eigenvalue weighted by molar-refractivity contribution is -0.731. The van der Waals surface area contributed by atoms with Crippen molar-refractivity contribution in [1.29, 1.82) is 0 Å². The lowest BCUT2D eigenvalue weighted by atomic mass is 10.2. The number of ether oxygens (including phenoxy) is 1. The van der Waals surface area contributed by atoms with Crippen LogP contribution in [0, 0.1) is 0 Å². The number of nitrogens with one attached hydrogen (secondary N) is 2. The van der Waals surface area contributed by atoms with E-state index in [-0.39, 0.29) is 5.91 Å². The van der Waals surface area contributed by atoms with Crippen LogP contribution in [0.1, 0.15) is 10.4 Å². The molecule has 0 spiro atoms. The monoisotopic (exact) mass is 256 g/mol. The summed E-state index contributed by atoms with van der Waals surface area (Å²) in [5, 5.41) is 2.71. The lowest BCUT2D eigenvalue weighted by Gasteiger charge is -2.05. The normalized spacial score (nSPS) is 10.3. The molecule has 2 N–H and O–H groups in total. The number of aromatic nitrogens is 1. The number of rotatable bonds is 8. The Morgan fingerprint density at radius 1 is 1.44 bits per heavy atom. The highest BCUT2D eigenvalue weighted by molar-refractivity contribution is 5.93. The van der Waals surface area contributed by atoms with Crippen molar-refractivity contribution in [3.63, 3.8) is 0 Å². The third-order valence-corrected chi connectivity index (χ3v) is 2.03. The Bertz CT molecular complexity index is 373. The third kappa shape index (κ3) is 5.19. The number of nitrogens with zero attached hydrogens (tertiary/aromatic N) is 1. The molecule has 100 valence electrons. The van der Waals surface area contributed by atoms with Gasteiger partial charge in [-0.25, -0.2) is 0 Å². The summed E-state index contributed by atoms with van der Waals surface area (Å²) in [6, 6.07) is 3.52. The first-order valence-corrected chi connectivity index (χ1v) is 5.44. The molecule has 0 aliphatic heterocycles. The van der Waals surface area contributed by atoms with Gasteiger partial charge in [0.25, 0.3) is 12.6 Å². The Balaban J connectivity index is 2.38. The molecule has 0 aromatic carbocycles. The summed E-state index contributed by atoms with van der Waals surface area (Å²) >= 11 is 0. The first-order chi connectivity index (χ1) is 8.77. The summed E-state index contributed by atoms with van der Waals surface area (Å²) in [7, 11) is 3.04. The second-order valence-corrected chi connectivity index (χ2v) is 3.42. The molecule has 0 aliphatic rings. The van der Waals surface area contributed by atoms with Crippen molar-refractivity contribution in [1.82, 2.24) is 11.0 Å². The largest absolute Gasteiger partial charge is 0.349 e. The van der Waals surface area contributed by atoms with Gasteiger partial charge in [0.1, 0.15) is 5.56 Å². The number of carbonyl (C=O) groups excluding carboxylic acids is 1. The van der Waals surface area contributed by atoms with Crippen LogP contribution in [0.15, 0.2) is 24.5 Å². The molecule has 0 bridgehead atoms. The first-order valence-electron chi connectivity index (χ1n) is 5.44.